The van der Waals surface area contributed by atoms with E-state index in [4.69, 9.17) is 14.7 Å². The van der Waals surface area contributed by atoms with E-state index in [9.17, 15) is 4.79 Å². The van der Waals surface area contributed by atoms with E-state index in [0.29, 0.717) is 23.6 Å². The Morgan fingerprint density at radius 2 is 2.25 bits per heavy atom. The van der Waals surface area contributed by atoms with E-state index >= 15 is 0 Å². The van der Waals surface area contributed by atoms with Gasteiger partial charge in [0.05, 0.1) is 11.7 Å². The molecule has 0 bridgehead atoms. The van der Waals surface area contributed by atoms with Gasteiger partial charge >= 0.3 is 0 Å². The van der Waals surface area contributed by atoms with Crippen molar-refractivity contribution in [2.45, 2.75) is 18.9 Å². The van der Waals surface area contributed by atoms with Crippen LogP contribution in [-0.4, -0.2) is 29.8 Å². The van der Waals surface area contributed by atoms with E-state index in [-0.39, 0.29) is 12.0 Å². The molecule has 0 radical (unpaired) electrons. The van der Waals surface area contributed by atoms with Crippen LogP contribution in [-0.2, 0) is 11.8 Å². The average molecular weight is 325 g/mol. The van der Waals surface area contributed by atoms with Crippen LogP contribution in [0.2, 0.25) is 0 Å². The van der Waals surface area contributed by atoms with E-state index in [1.165, 1.54) is 0 Å². The number of hydrogen-bond acceptors (Lipinski definition) is 4. The van der Waals surface area contributed by atoms with Gasteiger partial charge in [-0.2, -0.15) is 5.26 Å². The second-order valence-electron chi connectivity index (χ2n) is 5.76. The van der Waals surface area contributed by atoms with Crippen LogP contribution >= 0.6 is 0 Å². The first-order valence-corrected chi connectivity index (χ1v) is 7.88. The van der Waals surface area contributed by atoms with Gasteiger partial charge in [-0.25, -0.2) is 0 Å². The molecule has 0 spiro atoms. The van der Waals surface area contributed by atoms with Crippen LogP contribution < -0.4 is 10.1 Å². The Labute approximate surface area is 140 Å². The summed E-state index contributed by atoms with van der Waals surface area (Å²) in [6.45, 7) is 1.36. The zero-order chi connectivity index (χ0) is 16.9. The van der Waals surface area contributed by atoms with Crippen molar-refractivity contribution in [1.29, 1.82) is 5.26 Å². The summed E-state index contributed by atoms with van der Waals surface area (Å²) in [4.78, 5) is 12.3. The lowest BCUT2D eigenvalue weighted by atomic mass is 10.2. The highest BCUT2D eigenvalue weighted by Crippen LogP contribution is 2.19. The van der Waals surface area contributed by atoms with Crippen molar-refractivity contribution < 1.29 is 14.3 Å². The minimum absolute atomic E-state index is 0.177. The molecular weight excluding hydrogens is 306 g/mol. The van der Waals surface area contributed by atoms with Crippen molar-refractivity contribution in [3.8, 4) is 11.8 Å². The largest absolute Gasteiger partial charge is 0.491 e. The first-order chi connectivity index (χ1) is 11.7. The lowest BCUT2D eigenvalue weighted by molar-refractivity contribution is 0.0679. The number of nitrogens with zero attached hydrogens (tertiary/aromatic N) is 2. The van der Waals surface area contributed by atoms with Crippen LogP contribution in [0.5, 0.6) is 5.75 Å². The molecule has 6 heteroatoms. The fraction of sp³-hybridized carbons (Fsp3) is 0.333. The first-order valence-electron chi connectivity index (χ1n) is 7.88. The van der Waals surface area contributed by atoms with E-state index in [1.54, 1.807) is 36.0 Å². The fourth-order valence-corrected chi connectivity index (χ4v) is 2.65. The molecule has 24 heavy (non-hydrogen) atoms. The highest BCUT2D eigenvalue weighted by Gasteiger charge is 2.16. The van der Waals surface area contributed by atoms with Crippen LogP contribution in [0.3, 0.4) is 0 Å². The van der Waals surface area contributed by atoms with Crippen molar-refractivity contribution >= 4 is 11.6 Å². The second kappa shape index (κ2) is 7.20. The summed E-state index contributed by atoms with van der Waals surface area (Å²) in [7, 11) is 1.73. The van der Waals surface area contributed by atoms with Crippen LogP contribution in [0.4, 0.5) is 5.69 Å². The van der Waals surface area contributed by atoms with Crippen LogP contribution in [0.15, 0.2) is 36.5 Å². The second-order valence-corrected chi connectivity index (χ2v) is 5.76. The molecule has 1 amide bonds. The standard InChI is InChI=1S/C18H19N3O3/c1-21-11-13(10-19)9-17(21)18(22)20-14-4-6-15(7-5-14)24-12-16-3-2-8-23-16/h4-7,9,11,16H,2-3,8,12H2,1H3,(H,20,22). The molecule has 124 valence electrons. The average Bonchev–Trinajstić information content (AvgIpc) is 3.23. The van der Waals surface area contributed by atoms with Gasteiger partial charge in [0, 0.05) is 25.5 Å². The molecule has 1 N–H and O–H groups in total. The number of aromatic nitrogens is 1. The minimum atomic E-state index is -0.257. The number of anilines is 1. The number of benzene rings is 1. The van der Waals surface area contributed by atoms with Crippen molar-refractivity contribution in [2.75, 3.05) is 18.5 Å². The molecule has 0 saturated carbocycles. The monoisotopic (exact) mass is 325 g/mol. The molecular formula is C18H19N3O3. The van der Waals surface area contributed by atoms with Crippen molar-refractivity contribution in [1.82, 2.24) is 4.57 Å². The highest BCUT2D eigenvalue weighted by atomic mass is 16.5. The predicted octanol–water partition coefficient (Wildman–Crippen LogP) is 2.71. The number of carbonyl (C=O) groups is 1. The summed E-state index contributed by atoms with van der Waals surface area (Å²) in [5.74, 6) is 0.487. The van der Waals surface area contributed by atoms with Gasteiger partial charge in [-0.05, 0) is 43.2 Å². The topological polar surface area (TPSA) is 76.3 Å². The van der Waals surface area contributed by atoms with Crippen molar-refractivity contribution in [3.63, 3.8) is 0 Å². The number of nitriles is 1. The van der Waals surface area contributed by atoms with Gasteiger partial charge in [0.1, 0.15) is 24.1 Å². The van der Waals surface area contributed by atoms with Gasteiger partial charge in [0.25, 0.3) is 5.91 Å². The quantitative estimate of drug-likeness (QED) is 0.917. The van der Waals surface area contributed by atoms with Gasteiger partial charge in [-0.15, -0.1) is 0 Å². The molecule has 6 nitrogen and oxygen atoms in total. The maximum Gasteiger partial charge on any atom is 0.272 e. The third-order valence-electron chi connectivity index (χ3n) is 3.94. The van der Waals surface area contributed by atoms with Gasteiger partial charge in [-0.3, -0.25) is 4.79 Å². The normalized spacial score (nSPS) is 16.6. The molecule has 1 aliphatic heterocycles. The Balaban J connectivity index is 1.58. The number of amides is 1. The van der Waals surface area contributed by atoms with E-state index < -0.39 is 0 Å². The summed E-state index contributed by atoms with van der Waals surface area (Å²) >= 11 is 0. The number of aryl methyl sites for hydroxylation is 1. The van der Waals surface area contributed by atoms with E-state index in [2.05, 4.69) is 5.32 Å². The van der Waals surface area contributed by atoms with E-state index in [0.717, 1.165) is 25.2 Å². The van der Waals surface area contributed by atoms with Gasteiger partial charge in [0.2, 0.25) is 0 Å². The maximum atomic E-state index is 12.3. The van der Waals surface area contributed by atoms with Gasteiger partial charge < -0.3 is 19.4 Å². The molecule has 0 aliphatic carbocycles. The minimum Gasteiger partial charge on any atom is -0.491 e. The number of carbonyl (C=O) groups excluding carboxylic acids is 1. The number of hydrogen-bond donors (Lipinski definition) is 1. The summed E-state index contributed by atoms with van der Waals surface area (Å²) in [5, 5.41) is 11.7. The lowest BCUT2D eigenvalue weighted by Gasteiger charge is -2.12. The van der Waals surface area contributed by atoms with Crippen LogP contribution in [0.1, 0.15) is 28.9 Å². The third-order valence-corrected chi connectivity index (χ3v) is 3.94. The molecule has 2 aromatic rings. The molecule has 2 heterocycles. The van der Waals surface area contributed by atoms with Crippen molar-refractivity contribution in [3.05, 3.63) is 47.8 Å². The third kappa shape index (κ3) is 3.76. The zero-order valence-electron chi connectivity index (χ0n) is 13.5. The summed E-state index contributed by atoms with van der Waals surface area (Å²) in [5.41, 5.74) is 1.56. The Kier molecular flexibility index (Phi) is 4.82. The summed E-state index contributed by atoms with van der Waals surface area (Å²) in [6.07, 6.45) is 3.93. The molecule has 1 fully saturated rings. The molecule has 1 aromatic carbocycles. The number of rotatable bonds is 5. The van der Waals surface area contributed by atoms with Gasteiger partial charge in [0.15, 0.2) is 0 Å². The highest BCUT2D eigenvalue weighted by molar-refractivity contribution is 6.03. The molecule has 1 aliphatic rings. The van der Waals surface area contributed by atoms with Crippen molar-refractivity contribution in [2.24, 2.45) is 7.05 Å². The Morgan fingerprint density at radius 1 is 1.46 bits per heavy atom. The number of ether oxygens (including phenoxy) is 2. The molecule has 1 atom stereocenters. The molecule has 1 unspecified atom stereocenters. The molecule has 1 saturated heterocycles. The summed E-state index contributed by atoms with van der Waals surface area (Å²) in [6, 6.07) is 10.8. The fourth-order valence-electron chi connectivity index (χ4n) is 2.65. The molecule has 3 rings (SSSR count). The zero-order valence-corrected chi connectivity index (χ0v) is 13.5. The van der Waals surface area contributed by atoms with Crippen LogP contribution in [0.25, 0.3) is 0 Å². The maximum absolute atomic E-state index is 12.3. The summed E-state index contributed by atoms with van der Waals surface area (Å²) < 4.78 is 12.8. The first kappa shape index (κ1) is 16.1. The Hall–Kier alpha value is -2.78. The predicted molar refractivity (Wildman–Crippen MR) is 89.0 cm³/mol. The van der Waals surface area contributed by atoms with E-state index in [1.807, 2.05) is 18.2 Å². The molecule has 1 aromatic heterocycles. The Morgan fingerprint density at radius 3 is 2.88 bits per heavy atom. The Bertz CT molecular complexity index is 753. The van der Waals surface area contributed by atoms with Crippen LogP contribution in [0, 0.1) is 11.3 Å². The number of nitrogens with one attached hydrogen (secondary N) is 1. The lowest BCUT2D eigenvalue weighted by Crippen LogP contribution is -2.16. The smallest absolute Gasteiger partial charge is 0.272 e. The SMILES string of the molecule is Cn1cc(C#N)cc1C(=O)Nc1ccc(OCC2CCCO2)cc1. The van der Waals surface area contributed by atoms with Gasteiger partial charge in [-0.1, -0.05) is 0 Å².